The van der Waals surface area contributed by atoms with Gasteiger partial charge in [-0.1, -0.05) is 22.0 Å². The predicted octanol–water partition coefficient (Wildman–Crippen LogP) is 4.38. The molecule has 2 aromatic carbocycles. The molecule has 0 radical (unpaired) electrons. The second-order valence-corrected chi connectivity index (χ2v) is 5.40. The number of fused-ring (bicyclic) bond motifs is 1. The van der Waals surface area contributed by atoms with Gasteiger partial charge in [0, 0.05) is 15.9 Å². The van der Waals surface area contributed by atoms with Gasteiger partial charge in [-0.05, 0) is 30.3 Å². The Kier molecular flexibility index (Phi) is 3.66. The molecule has 4 nitrogen and oxygen atoms in total. The van der Waals surface area contributed by atoms with Crippen LogP contribution in [0.2, 0.25) is 0 Å². The van der Waals surface area contributed by atoms with E-state index in [1.54, 1.807) is 13.3 Å². The maximum Gasteiger partial charge on any atom is 0.161 e. The SMILES string of the molecule is COc1cccc(Oc2c(N)cnc3ccc(Br)cc23)c1. The van der Waals surface area contributed by atoms with Crippen LogP contribution in [0.25, 0.3) is 10.9 Å². The standard InChI is InChI=1S/C16H13BrN2O2/c1-20-11-3-2-4-12(8-11)21-16-13-7-10(17)5-6-15(13)19-9-14(16)18/h2-9H,18H2,1H3. The first kappa shape index (κ1) is 13.7. The molecule has 5 heteroatoms. The molecular weight excluding hydrogens is 332 g/mol. The lowest BCUT2D eigenvalue weighted by molar-refractivity contribution is 0.409. The van der Waals surface area contributed by atoms with Crippen molar-refractivity contribution >= 4 is 32.5 Å². The first-order valence-corrected chi connectivity index (χ1v) is 7.12. The van der Waals surface area contributed by atoms with E-state index in [9.17, 15) is 0 Å². The van der Waals surface area contributed by atoms with Crippen molar-refractivity contribution in [3.05, 3.63) is 53.1 Å². The van der Waals surface area contributed by atoms with Gasteiger partial charge in [0.1, 0.15) is 11.5 Å². The Balaban J connectivity index is 2.10. The highest BCUT2D eigenvalue weighted by Gasteiger charge is 2.10. The number of nitrogen functional groups attached to an aromatic ring is 1. The van der Waals surface area contributed by atoms with Gasteiger partial charge in [0.15, 0.2) is 5.75 Å². The minimum Gasteiger partial charge on any atom is -0.497 e. The number of pyridine rings is 1. The lowest BCUT2D eigenvalue weighted by Crippen LogP contribution is -1.95. The average Bonchev–Trinajstić information content (AvgIpc) is 2.50. The molecule has 3 aromatic rings. The predicted molar refractivity (Wildman–Crippen MR) is 86.9 cm³/mol. The molecule has 0 bridgehead atoms. The fourth-order valence-electron chi connectivity index (χ4n) is 2.05. The van der Waals surface area contributed by atoms with Gasteiger partial charge in [-0.15, -0.1) is 0 Å². The quantitative estimate of drug-likeness (QED) is 0.765. The van der Waals surface area contributed by atoms with Crippen LogP contribution >= 0.6 is 15.9 Å². The van der Waals surface area contributed by atoms with E-state index < -0.39 is 0 Å². The second-order valence-electron chi connectivity index (χ2n) is 4.49. The zero-order valence-corrected chi connectivity index (χ0v) is 12.9. The summed E-state index contributed by atoms with van der Waals surface area (Å²) in [5.41, 5.74) is 7.33. The van der Waals surface area contributed by atoms with Gasteiger partial charge in [0.25, 0.3) is 0 Å². The number of rotatable bonds is 3. The fourth-order valence-corrected chi connectivity index (χ4v) is 2.41. The second kappa shape index (κ2) is 5.61. The summed E-state index contributed by atoms with van der Waals surface area (Å²) < 4.78 is 12.1. The summed E-state index contributed by atoms with van der Waals surface area (Å²) >= 11 is 3.46. The smallest absolute Gasteiger partial charge is 0.161 e. The van der Waals surface area contributed by atoms with Gasteiger partial charge < -0.3 is 15.2 Å². The highest BCUT2D eigenvalue weighted by Crippen LogP contribution is 2.36. The summed E-state index contributed by atoms with van der Waals surface area (Å²) in [6, 6.07) is 13.2. The molecule has 0 aliphatic rings. The maximum absolute atomic E-state index is 6.02. The van der Waals surface area contributed by atoms with Crippen LogP contribution in [0, 0.1) is 0 Å². The molecule has 0 saturated heterocycles. The van der Waals surface area contributed by atoms with Crippen molar-refractivity contribution in [2.45, 2.75) is 0 Å². The topological polar surface area (TPSA) is 57.4 Å². The van der Waals surface area contributed by atoms with Crippen molar-refractivity contribution in [2.24, 2.45) is 0 Å². The Morgan fingerprint density at radius 1 is 1.10 bits per heavy atom. The van der Waals surface area contributed by atoms with Crippen LogP contribution in [0.1, 0.15) is 0 Å². The van der Waals surface area contributed by atoms with Crippen molar-refractivity contribution in [1.82, 2.24) is 4.98 Å². The number of nitrogens with zero attached hydrogens (tertiary/aromatic N) is 1. The van der Waals surface area contributed by atoms with Crippen LogP contribution in [-0.4, -0.2) is 12.1 Å². The van der Waals surface area contributed by atoms with Gasteiger partial charge in [0.2, 0.25) is 0 Å². The Labute approximate surface area is 130 Å². The maximum atomic E-state index is 6.02. The molecule has 0 saturated carbocycles. The molecule has 0 atom stereocenters. The van der Waals surface area contributed by atoms with Crippen LogP contribution in [0.5, 0.6) is 17.2 Å². The van der Waals surface area contributed by atoms with Gasteiger partial charge in [-0.25, -0.2) is 0 Å². The molecule has 21 heavy (non-hydrogen) atoms. The van der Waals surface area contributed by atoms with Crippen molar-refractivity contribution in [2.75, 3.05) is 12.8 Å². The number of anilines is 1. The summed E-state index contributed by atoms with van der Waals surface area (Å²) in [7, 11) is 1.62. The van der Waals surface area contributed by atoms with E-state index >= 15 is 0 Å². The number of aromatic nitrogens is 1. The number of halogens is 1. The molecule has 0 unspecified atom stereocenters. The van der Waals surface area contributed by atoms with E-state index in [-0.39, 0.29) is 0 Å². The van der Waals surface area contributed by atoms with Gasteiger partial charge in [0.05, 0.1) is 24.5 Å². The van der Waals surface area contributed by atoms with Gasteiger partial charge in [-0.3, -0.25) is 4.98 Å². The Morgan fingerprint density at radius 2 is 1.90 bits per heavy atom. The molecule has 0 amide bonds. The summed E-state index contributed by atoms with van der Waals surface area (Å²) in [5, 5.41) is 0.854. The van der Waals surface area contributed by atoms with Crippen molar-refractivity contribution in [1.29, 1.82) is 0 Å². The third-order valence-electron chi connectivity index (χ3n) is 3.07. The molecule has 106 valence electrons. The minimum absolute atomic E-state index is 0.489. The first-order valence-electron chi connectivity index (χ1n) is 6.33. The average molecular weight is 345 g/mol. The molecule has 0 aliphatic heterocycles. The van der Waals surface area contributed by atoms with Crippen LogP contribution in [0.3, 0.4) is 0 Å². The molecule has 0 spiro atoms. The molecule has 2 N–H and O–H groups in total. The number of methoxy groups -OCH3 is 1. The van der Waals surface area contributed by atoms with Gasteiger partial charge in [-0.2, -0.15) is 0 Å². The summed E-state index contributed by atoms with van der Waals surface area (Å²) in [6.45, 7) is 0. The van der Waals surface area contributed by atoms with Crippen molar-refractivity contribution in [3.8, 4) is 17.2 Å². The van der Waals surface area contributed by atoms with Gasteiger partial charge >= 0.3 is 0 Å². The van der Waals surface area contributed by atoms with E-state index in [0.29, 0.717) is 17.2 Å². The fraction of sp³-hybridized carbons (Fsp3) is 0.0625. The Hall–Kier alpha value is -2.27. The van der Waals surface area contributed by atoms with Crippen LogP contribution in [-0.2, 0) is 0 Å². The minimum atomic E-state index is 0.489. The molecule has 1 aromatic heterocycles. The highest BCUT2D eigenvalue weighted by atomic mass is 79.9. The monoisotopic (exact) mass is 344 g/mol. The number of benzene rings is 2. The van der Waals surface area contributed by atoms with Crippen LogP contribution in [0.15, 0.2) is 53.1 Å². The van der Waals surface area contributed by atoms with E-state index in [1.165, 1.54) is 0 Å². The molecular formula is C16H13BrN2O2. The largest absolute Gasteiger partial charge is 0.497 e. The molecule has 1 heterocycles. The zero-order chi connectivity index (χ0) is 14.8. The number of ether oxygens (including phenoxy) is 2. The Bertz CT molecular complexity index is 800. The van der Waals surface area contributed by atoms with E-state index in [1.807, 2.05) is 42.5 Å². The highest BCUT2D eigenvalue weighted by molar-refractivity contribution is 9.10. The summed E-state index contributed by atoms with van der Waals surface area (Å²) in [4.78, 5) is 4.31. The lowest BCUT2D eigenvalue weighted by Gasteiger charge is -2.12. The third kappa shape index (κ3) is 2.78. The Morgan fingerprint density at radius 3 is 2.71 bits per heavy atom. The van der Waals surface area contributed by atoms with Crippen molar-refractivity contribution < 1.29 is 9.47 Å². The number of hydrogen-bond donors (Lipinski definition) is 1. The van der Waals surface area contributed by atoms with E-state index in [2.05, 4.69) is 20.9 Å². The molecule has 3 rings (SSSR count). The van der Waals surface area contributed by atoms with E-state index in [0.717, 1.165) is 21.1 Å². The molecule has 0 aliphatic carbocycles. The summed E-state index contributed by atoms with van der Waals surface area (Å²) in [5.74, 6) is 1.98. The molecule has 0 fully saturated rings. The zero-order valence-electron chi connectivity index (χ0n) is 11.3. The number of nitrogens with two attached hydrogens (primary N) is 1. The number of hydrogen-bond acceptors (Lipinski definition) is 4. The van der Waals surface area contributed by atoms with Crippen LogP contribution < -0.4 is 15.2 Å². The third-order valence-corrected chi connectivity index (χ3v) is 3.56. The van der Waals surface area contributed by atoms with E-state index in [4.69, 9.17) is 15.2 Å². The lowest BCUT2D eigenvalue weighted by atomic mass is 10.2. The first-order chi connectivity index (χ1) is 10.2. The van der Waals surface area contributed by atoms with Crippen LogP contribution in [0.4, 0.5) is 5.69 Å². The normalized spacial score (nSPS) is 10.6. The summed E-state index contributed by atoms with van der Waals surface area (Å²) in [6.07, 6.45) is 1.60. The van der Waals surface area contributed by atoms with Crippen molar-refractivity contribution in [3.63, 3.8) is 0 Å².